The lowest BCUT2D eigenvalue weighted by molar-refractivity contribution is -0.335. The zero-order chi connectivity index (χ0) is 15.7. The molecule has 0 aliphatic carbocycles. The number of rotatable bonds is 5. The van der Waals surface area contributed by atoms with Crippen molar-refractivity contribution in [2.75, 3.05) is 0 Å². The van der Waals surface area contributed by atoms with Gasteiger partial charge in [-0.2, -0.15) is 0 Å². The zero-order valence-electron chi connectivity index (χ0n) is 13.6. The zero-order valence-corrected chi connectivity index (χ0v) is 13.6. The number of aliphatic hydroxyl groups is 2. The van der Waals surface area contributed by atoms with Crippen molar-refractivity contribution in [2.24, 2.45) is 23.7 Å². The molecule has 0 radical (unpaired) electrons. The van der Waals surface area contributed by atoms with Gasteiger partial charge >= 0.3 is 0 Å². The van der Waals surface area contributed by atoms with E-state index >= 15 is 0 Å². The molecule has 1 aliphatic rings. The quantitative estimate of drug-likeness (QED) is 0.814. The monoisotopic (exact) mass is 286 g/mol. The van der Waals surface area contributed by atoms with E-state index in [4.69, 9.17) is 4.74 Å². The minimum Gasteiger partial charge on any atom is -0.392 e. The summed E-state index contributed by atoms with van der Waals surface area (Å²) in [5.41, 5.74) is 0. The number of Topliss-reactive ketones (excluding diaryl/α,β-unsaturated/α-hetero) is 1. The van der Waals surface area contributed by atoms with Crippen LogP contribution in [0.2, 0.25) is 0 Å². The predicted octanol–water partition coefficient (Wildman–Crippen LogP) is 2.37. The second-order valence-electron chi connectivity index (χ2n) is 6.57. The van der Waals surface area contributed by atoms with Gasteiger partial charge < -0.3 is 14.9 Å². The summed E-state index contributed by atoms with van der Waals surface area (Å²) in [5.74, 6) is -1.85. The van der Waals surface area contributed by atoms with Gasteiger partial charge in [0.25, 0.3) is 0 Å². The fourth-order valence-electron chi connectivity index (χ4n) is 3.27. The minimum atomic E-state index is -1.37. The van der Waals surface area contributed by atoms with Crippen molar-refractivity contribution in [1.82, 2.24) is 0 Å². The molecule has 0 unspecified atom stereocenters. The highest BCUT2D eigenvalue weighted by Crippen LogP contribution is 2.42. The summed E-state index contributed by atoms with van der Waals surface area (Å²) < 4.78 is 5.84. The maximum Gasteiger partial charge on any atom is 0.173 e. The van der Waals surface area contributed by atoms with Gasteiger partial charge in [0.2, 0.25) is 0 Å². The van der Waals surface area contributed by atoms with E-state index < -0.39 is 11.9 Å². The molecule has 7 atom stereocenters. The van der Waals surface area contributed by atoms with Crippen LogP contribution in [0.15, 0.2) is 0 Å². The van der Waals surface area contributed by atoms with Crippen molar-refractivity contribution >= 4 is 5.78 Å². The molecule has 1 saturated heterocycles. The Morgan fingerprint density at radius 3 is 2.35 bits per heavy atom. The molecule has 20 heavy (non-hydrogen) atoms. The lowest BCUT2D eigenvalue weighted by atomic mass is 9.74. The fraction of sp³-hybridized carbons (Fsp3) is 0.938. The van der Waals surface area contributed by atoms with E-state index in [-0.39, 0.29) is 35.6 Å². The van der Waals surface area contributed by atoms with Crippen LogP contribution in [0.25, 0.3) is 0 Å². The molecule has 118 valence electrons. The topological polar surface area (TPSA) is 66.8 Å². The van der Waals surface area contributed by atoms with Crippen LogP contribution in [-0.4, -0.2) is 34.0 Å². The van der Waals surface area contributed by atoms with Crippen LogP contribution in [0, 0.1) is 23.7 Å². The summed E-state index contributed by atoms with van der Waals surface area (Å²) in [7, 11) is 0. The normalized spacial score (nSPS) is 41.2. The van der Waals surface area contributed by atoms with Crippen molar-refractivity contribution < 1.29 is 19.7 Å². The number of aliphatic hydroxyl groups excluding tert-OH is 1. The third-order valence-corrected chi connectivity index (χ3v) is 5.23. The summed E-state index contributed by atoms with van der Waals surface area (Å²) in [6, 6.07) is 0. The lowest BCUT2D eigenvalue weighted by Crippen LogP contribution is -2.59. The summed E-state index contributed by atoms with van der Waals surface area (Å²) in [6.07, 6.45) is 0.550. The number of carbonyl (C=O) groups excluding carboxylic acids is 1. The van der Waals surface area contributed by atoms with Gasteiger partial charge in [0.15, 0.2) is 5.79 Å². The molecular weight excluding hydrogens is 256 g/mol. The molecule has 0 bridgehead atoms. The summed E-state index contributed by atoms with van der Waals surface area (Å²) >= 11 is 0. The summed E-state index contributed by atoms with van der Waals surface area (Å²) in [6.45, 7) is 11.1. The van der Waals surface area contributed by atoms with Crippen molar-refractivity contribution in [3.63, 3.8) is 0 Å². The number of ketones is 1. The van der Waals surface area contributed by atoms with Gasteiger partial charge in [0.05, 0.1) is 12.2 Å². The van der Waals surface area contributed by atoms with Crippen molar-refractivity contribution in [1.29, 1.82) is 0 Å². The molecule has 0 amide bonds. The first-order valence-corrected chi connectivity index (χ1v) is 7.73. The Kier molecular flexibility index (Phi) is 5.76. The van der Waals surface area contributed by atoms with E-state index in [0.29, 0.717) is 6.42 Å². The SMILES string of the molecule is CC[C@@H](C[C@H](C)[C@@]1(O)O[C@@H](C)[C@H](C)[C@H](O)[C@@H]1C)C(C)=O. The molecule has 1 aliphatic heterocycles. The van der Waals surface area contributed by atoms with Crippen LogP contribution in [0.5, 0.6) is 0 Å². The van der Waals surface area contributed by atoms with Gasteiger partial charge in [0, 0.05) is 23.7 Å². The Hall–Kier alpha value is -0.450. The van der Waals surface area contributed by atoms with Crippen LogP contribution in [0.3, 0.4) is 0 Å². The average Bonchev–Trinajstić information content (AvgIpc) is 2.39. The van der Waals surface area contributed by atoms with E-state index in [1.54, 1.807) is 6.92 Å². The highest BCUT2D eigenvalue weighted by Gasteiger charge is 2.51. The van der Waals surface area contributed by atoms with E-state index in [9.17, 15) is 15.0 Å². The van der Waals surface area contributed by atoms with Gasteiger partial charge in [-0.1, -0.05) is 27.7 Å². The van der Waals surface area contributed by atoms with Crippen molar-refractivity contribution in [3.05, 3.63) is 0 Å². The molecule has 0 spiro atoms. The lowest BCUT2D eigenvalue weighted by Gasteiger charge is -2.50. The van der Waals surface area contributed by atoms with Crippen LogP contribution in [-0.2, 0) is 9.53 Å². The van der Waals surface area contributed by atoms with Gasteiger partial charge in [-0.25, -0.2) is 0 Å². The smallest absolute Gasteiger partial charge is 0.173 e. The Morgan fingerprint density at radius 1 is 1.35 bits per heavy atom. The largest absolute Gasteiger partial charge is 0.392 e. The Labute approximate surface area is 122 Å². The van der Waals surface area contributed by atoms with Gasteiger partial charge in [-0.05, 0) is 26.7 Å². The molecule has 1 fully saturated rings. The second kappa shape index (κ2) is 6.54. The first-order chi connectivity index (χ1) is 9.15. The van der Waals surface area contributed by atoms with Gasteiger partial charge in [0.1, 0.15) is 5.78 Å². The number of hydrogen-bond donors (Lipinski definition) is 2. The van der Waals surface area contributed by atoms with E-state index in [1.807, 2.05) is 34.6 Å². The Morgan fingerprint density at radius 2 is 1.90 bits per heavy atom. The molecule has 4 nitrogen and oxygen atoms in total. The van der Waals surface area contributed by atoms with E-state index in [2.05, 4.69) is 0 Å². The van der Waals surface area contributed by atoms with Crippen molar-refractivity contribution in [3.8, 4) is 0 Å². The number of carbonyl (C=O) groups is 1. The summed E-state index contributed by atoms with van der Waals surface area (Å²) in [5, 5.41) is 21.2. The van der Waals surface area contributed by atoms with E-state index in [1.165, 1.54) is 0 Å². The van der Waals surface area contributed by atoms with Gasteiger partial charge in [-0.15, -0.1) is 0 Å². The standard InChI is InChI=1S/C16H30O4/c1-7-14(12(5)17)8-9(2)16(19)11(4)15(18)10(3)13(6)20-16/h9-11,13-15,18-19H,7-8H2,1-6H3/t9-,10-,11-,13-,14-,15-,16+/m0/s1. The molecule has 4 heteroatoms. The predicted molar refractivity (Wildman–Crippen MR) is 78.1 cm³/mol. The van der Waals surface area contributed by atoms with Crippen LogP contribution < -0.4 is 0 Å². The highest BCUT2D eigenvalue weighted by molar-refractivity contribution is 5.78. The maximum absolute atomic E-state index is 11.6. The third kappa shape index (κ3) is 3.23. The third-order valence-electron chi connectivity index (χ3n) is 5.23. The van der Waals surface area contributed by atoms with Gasteiger partial charge in [-0.3, -0.25) is 4.79 Å². The Bertz CT molecular complexity index is 343. The van der Waals surface area contributed by atoms with Crippen LogP contribution >= 0.6 is 0 Å². The first kappa shape index (κ1) is 17.6. The second-order valence-corrected chi connectivity index (χ2v) is 6.57. The molecule has 1 rings (SSSR count). The molecule has 1 heterocycles. The molecule has 0 saturated carbocycles. The molecular formula is C16H30O4. The molecule has 0 aromatic heterocycles. The summed E-state index contributed by atoms with van der Waals surface area (Å²) in [4.78, 5) is 11.6. The first-order valence-electron chi connectivity index (χ1n) is 7.73. The average molecular weight is 286 g/mol. The minimum absolute atomic E-state index is 0.00717. The van der Waals surface area contributed by atoms with Crippen LogP contribution in [0.1, 0.15) is 54.4 Å². The van der Waals surface area contributed by atoms with E-state index in [0.717, 1.165) is 6.42 Å². The Balaban J connectivity index is 2.88. The highest BCUT2D eigenvalue weighted by atomic mass is 16.6. The number of hydrogen-bond acceptors (Lipinski definition) is 4. The fourth-order valence-corrected chi connectivity index (χ4v) is 3.27. The maximum atomic E-state index is 11.6. The van der Waals surface area contributed by atoms with Crippen LogP contribution in [0.4, 0.5) is 0 Å². The van der Waals surface area contributed by atoms with Crippen molar-refractivity contribution in [2.45, 2.75) is 72.4 Å². The molecule has 0 aromatic rings. The molecule has 0 aromatic carbocycles. The number of ether oxygens (including phenoxy) is 1. The molecule has 2 N–H and O–H groups in total.